The molecule has 7 nitrogen and oxygen atoms in total. The van der Waals surface area contributed by atoms with Crippen LogP contribution >= 0.6 is 11.6 Å². The second kappa shape index (κ2) is 12.4. The molecule has 2 aromatic carbocycles. The number of benzene rings is 2. The molecule has 1 saturated carbocycles. The minimum atomic E-state index is -0.404. The molecule has 5 rings (SSSR count). The predicted molar refractivity (Wildman–Crippen MR) is 144 cm³/mol. The molecule has 202 valence electrons. The minimum Gasteiger partial charge on any atom is -0.379 e. The highest BCUT2D eigenvalue weighted by Gasteiger charge is 2.36. The zero-order valence-electron chi connectivity index (χ0n) is 21.5. The van der Waals surface area contributed by atoms with E-state index in [4.69, 9.17) is 21.4 Å². The van der Waals surface area contributed by atoms with Crippen molar-refractivity contribution in [3.05, 3.63) is 70.5 Å². The van der Waals surface area contributed by atoms with Gasteiger partial charge in [0.25, 0.3) is 5.91 Å². The van der Waals surface area contributed by atoms with Gasteiger partial charge < -0.3 is 9.64 Å². The van der Waals surface area contributed by atoms with Crippen molar-refractivity contribution in [2.45, 2.75) is 38.1 Å². The first kappa shape index (κ1) is 26.8. The molecule has 2 fully saturated rings. The van der Waals surface area contributed by atoms with Gasteiger partial charge in [0.15, 0.2) is 0 Å². The van der Waals surface area contributed by atoms with Crippen LogP contribution in [0.2, 0.25) is 5.02 Å². The SMILES string of the molecule is O=C(C1CCCC1)N(CCN1CCOCC1)CC(=O)N1N=C(c2ccc(F)cc2)C[C@H]1c1ccccc1Cl. The largest absolute Gasteiger partial charge is 0.379 e. The molecule has 0 radical (unpaired) electrons. The molecule has 38 heavy (non-hydrogen) atoms. The molecule has 3 aliphatic rings. The quantitative estimate of drug-likeness (QED) is 0.494. The molecule has 0 N–H and O–H groups in total. The lowest BCUT2D eigenvalue weighted by atomic mass is 9.98. The molecule has 2 aromatic rings. The topological polar surface area (TPSA) is 65.5 Å². The second-order valence-corrected chi connectivity index (χ2v) is 10.6. The van der Waals surface area contributed by atoms with Crippen LogP contribution in [0.5, 0.6) is 0 Å². The fourth-order valence-electron chi connectivity index (χ4n) is 5.57. The number of amides is 2. The van der Waals surface area contributed by atoms with Gasteiger partial charge in [0.2, 0.25) is 5.91 Å². The molecule has 2 aliphatic heterocycles. The van der Waals surface area contributed by atoms with E-state index in [2.05, 4.69) is 4.90 Å². The number of halogens is 2. The number of nitrogens with zero attached hydrogens (tertiary/aromatic N) is 4. The van der Waals surface area contributed by atoms with E-state index in [0.29, 0.717) is 43.5 Å². The Balaban J connectivity index is 1.38. The summed E-state index contributed by atoms with van der Waals surface area (Å²) in [7, 11) is 0. The third kappa shape index (κ3) is 6.25. The van der Waals surface area contributed by atoms with E-state index in [1.54, 1.807) is 23.1 Å². The van der Waals surface area contributed by atoms with Crippen molar-refractivity contribution in [1.82, 2.24) is 14.8 Å². The van der Waals surface area contributed by atoms with E-state index >= 15 is 0 Å². The Morgan fingerprint density at radius 2 is 1.76 bits per heavy atom. The van der Waals surface area contributed by atoms with Crippen molar-refractivity contribution in [2.75, 3.05) is 45.9 Å². The van der Waals surface area contributed by atoms with Gasteiger partial charge in [0.05, 0.1) is 25.0 Å². The van der Waals surface area contributed by atoms with Gasteiger partial charge in [0, 0.05) is 43.5 Å². The van der Waals surface area contributed by atoms with E-state index in [0.717, 1.165) is 49.9 Å². The Hall–Kier alpha value is -2.81. The highest BCUT2D eigenvalue weighted by atomic mass is 35.5. The molecule has 0 unspecified atom stereocenters. The summed E-state index contributed by atoms with van der Waals surface area (Å²) in [5.74, 6) is -0.548. The lowest BCUT2D eigenvalue weighted by Gasteiger charge is -2.32. The summed E-state index contributed by atoms with van der Waals surface area (Å²) >= 11 is 6.55. The van der Waals surface area contributed by atoms with E-state index in [-0.39, 0.29) is 30.1 Å². The predicted octanol–water partition coefficient (Wildman–Crippen LogP) is 4.51. The van der Waals surface area contributed by atoms with Crippen LogP contribution in [0.4, 0.5) is 4.39 Å². The van der Waals surface area contributed by atoms with Crippen molar-refractivity contribution in [2.24, 2.45) is 11.0 Å². The summed E-state index contributed by atoms with van der Waals surface area (Å²) in [4.78, 5) is 31.4. The summed E-state index contributed by atoms with van der Waals surface area (Å²) < 4.78 is 19.0. The number of carbonyl (C=O) groups is 2. The van der Waals surface area contributed by atoms with Gasteiger partial charge in [-0.3, -0.25) is 14.5 Å². The fourth-order valence-corrected chi connectivity index (χ4v) is 5.83. The number of carbonyl (C=O) groups excluding carboxylic acids is 2. The summed E-state index contributed by atoms with van der Waals surface area (Å²) in [6.45, 7) is 4.17. The summed E-state index contributed by atoms with van der Waals surface area (Å²) in [5, 5.41) is 6.73. The van der Waals surface area contributed by atoms with Crippen molar-refractivity contribution < 1.29 is 18.7 Å². The van der Waals surface area contributed by atoms with Gasteiger partial charge in [-0.25, -0.2) is 9.40 Å². The first-order valence-corrected chi connectivity index (χ1v) is 13.9. The molecule has 2 heterocycles. The lowest BCUT2D eigenvalue weighted by Crippen LogP contribution is -2.48. The Morgan fingerprint density at radius 3 is 2.47 bits per heavy atom. The average molecular weight is 541 g/mol. The zero-order valence-corrected chi connectivity index (χ0v) is 22.3. The average Bonchev–Trinajstić information content (AvgIpc) is 3.63. The van der Waals surface area contributed by atoms with Crippen LogP contribution < -0.4 is 0 Å². The van der Waals surface area contributed by atoms with Gasteiger partial charge in [-0.1, -0.05) is 54.8 Å². The van der Waals surface area contributed by atoms with E-state index in [1.807, 2.05) is 18.2 Å². The number of morpholine rings is 1. The molecule has 1 atom stereocenters. The molecule has 9 heteroatoms. The molecule has 1 aliphatic carbocycles. The molecule has 2 amide bonds. The van der Waals surface area contributed by atoms with Crippen molar-refractivity contribution in [1.29, 1.82) is 0 Å². The van der Waals surface area contributed by atoms with Crippen LogP contribution in [0.3, 0.4) is 0 Å². The monoisotopic (exact) mass is 540 g/mol. The number of hydrogen-bond acceptors (Lipinski definition) is 5. The summed E-state index contributed by atoms with van der Waals surface area (Å²) in [6.07, 6.45) is 4.30. The van der Waals surface area contributed by atoms with Crippen molar-refractivity contribution >= 4 is 29.1 Å². The standard InChI is InChI=1S/C29H34ClFN4O3/c30-25-8-4-3-7-24(25)27-19-26(21-9-11-23(31)12-10-21)32-35(27)28(36)20-34(29(37)22-5-1-2-6-22)14-13-33-15-17-38-18-16-33/h3-4,7-12,22,27H,1-2,5-6,13-20H2/t27-/m0/s1. The summed E-state index contributed by atoms with van der Waals surface area (Å²) in [6, 6.07) is 13.2. The molecule has 0 spiro atoms. The fraction of sp³-hybridized carbons (Fsp3) is 0.483. The number of ether oxygens (including phenoxy) is 1. The van der Waals surface area contributed by atoms with Crippen LogP contribution in [0.15, 0.2) is 53.6 Å². The first-order valence-electron chi connectivity index (χ1n) is 13.5. The molecular weight excluding hydrogens is 507 g/mol. The smallest absolute Gasteiger partial charge is 0.262 e. The highest BCUT2D eigenvalue weighted by Crippen LogP contribution is 2.36. The van der Waals surface area contributed by atoms with Crippen LogP contribution in [0.25, 0.3) is 0 Å². The van der Waals surface area contributed by atoms with Gasteiger partial charge in [-0.05, 0) is 42.2 Å². The van der Waals surface area contributed by atoms with Crippen LogP contribution in [-0.2, 0) is 14.3 Å². The van der Waals surface area contributed by atoms with Gasteiger partial charge >= 0.3 is 0 Å². The Bertz CT molecular complexity index is 1160. The Kier molecular flexibility index (Phi) is 8.72. The van der Waals surface area contributed by atoms with Crippen LogP contribution in [-0.4, -0.2) is 78.3 Å². The third-order valence-corrected chi connectivity index (χ3v) is 8.08. The molecule has 0 bridgehead atoms. The summed E-state index contributed by atoms with van der Waals surface area (Å²) in [5.41, 5.74) is 2.24. The number of hydrogen-bond donors (Lipinski definition) is 0. The number of hydrazone groups is 1. The van der Waals surface area contributed by atoms with Crippen molar-refractivity contribution in [3.8, 4) is 0 Å². The first-order chi connectivity index (χ1) is 18.5. The lowest BCUT2D eigenvalue weighted by molar-refractivity contribution is -0.144. The van der Waals surface area contributed by atoms with Gasteiger partial charge in [-0.2, -0.15) is 5.10 Å². The Labute approximate surface area is 228 Å². The van der Waals surface area contributed by atoms with E-state index < -0.39 is 6.04 Å². The Morgan fingerprint density at radius 1 is 1.05 bits per heavy atom. The van der Waals surface area contributed by atoms with E-state index in [9.17, 15) is 14.0 Å². The van der Waals surface area contributed by atoms with Gasteiger partial charge in [-0.15, -0.1) is 0 Å². The second-order valence-electron chi connectivity index (χ2n) is 10.2. The molecule has 1 saturated heterocycles. The van der Waals surface area contributed by atoms with Gasteiger partial charge in [0.1, 0.15) is 12.4 Å². The minimum absolute atomic E-state index is 0.0243. The van der Waals surface area contributed by atoms with Crippen LogP contribution in [0, 0.1) is 11.7 Å². The number of rotatable bonds is 8. The maximum atomic E-state index is 13.8. The zero-order chi connectivity index (χ0) is 26.5. The maximum Gasteiger partial charge on any atom is 0.262 e. The van der Waals surface area contributed by atoms with Crippen molar-refractivity contribution in [3.63, 3.8) is 0 Å². The molecule has 0 aromatic heterocycles. The van der Waals surface area contributed by atoms with E-state index in [1.165, 1.54) is 17.1 Å². The normalized spacial score (nSPS) is 20.5. The highest BCUT2D eigenvalue weighted by molar-refractivity contribution is 6.31. The van der Waals surface area contributed by atoms with Crippen LogP contribution in [0.1, 0.15) is 49.3 Å². The molecular formula is C29H34ClFN4O3. The third-order valence-electron chi connectivity index (χ3n) is 7.74. The maximum absolute atomic E-state index is 13.8.